The van der Waals surface area contributed by atoms with Crippen LogP contribution in [0.25, 0.3) is 0 Å². The highest BCUT2D eigenvalue weighted by Gasteiger charge is 2.13. The van der Waals surface area contributed by atoms with Crippen molar-refractivity contribution in [1.29, 1.82) is 0 Å². The van der Waals surface area contributed by atoms with Gasteiger partial charge in [0.05, 0.1) is 15.9 Å². The van der Waals surface area contributed by atoms with E-state index in [2.05, 4.69) is 36.4 Å². The van der Waals surface area contributed by atoms with Crippen LogP contribution in [0.2, 0.25) is 0 Å². The number of carbonyl (C=O) groups is 1. The zero-order valence-corrected chi connectivity index (χ0v) is 15.2. The smallest absolute Gasteiger partial charge is 0.277 e. The minimum absolute atomic E-state index is 0.290. The number of anilines is 1. The third kappa shape index (κ3) is 3.38. The van der Waals surface area contributed by atoms with E-state index in [9.17, 15) is 4.79 Å². The number of aryl methyl sites for hydroxylation is 2. The molecule has 0 aliphatic rings. The van der Waals surface area contributed by atoms with Crippen molar-refractivity contribution < 1.29 is 4.79 Å². The summed E-state index contributed by atoms with van der Waals surface area (Å²) in [6.45, 7) is 6.22. The average Bonchev–Trinajstić information content (AvgIpc) is 3.09. The number of hydrogen-bond acceptors (Lipinski definition) is 4. The first-order chi connectivity index (χ1) is 11.4. The van der Waals surface area contributed by atoms with Gasteiger partial charge >= 0.3 is 0 Å². The molecular formula is C16H17BrN6O. The van der Waals surface area contributed by atoms with Gasteiger partial charge in [-0.25, -0.2) is 9.67 Å². The Labute approximate surface area is 147 Å². The van der Waals surface area contributed by atoms with Crippen LogP contribution in [0.1, 0.15) is 27.6 Å². The molecular weight excluding hydrogens is 372 g/mol. The number of nitrogens with zero attached hydrogens (tertiary/aromatic N) is 5. The lowest BCUT2D eigenvalue weighted by molar-refractivity contribution is 0.102. The topological polar surface area (TPSA) is 77.6 Å². The van der Waals surface area contributed by atoms with Crippen LogP contribution in [0.15, 0.2) is 34.9 Å². The van der Waals surface area contributed by atoms with Gasteiger partial charge in [0, 0.05) is 11.9 Å². The second-order valence-electron chi connectivity index (χ2n) is 5.48. The van der Waals surface area contributed by atoms with Gasteiger partial charge in [-0.2, -0.15) is 10.2 Å². The van der Waals surface area contributed by atoms with Crippen LogP contribution in [-0.2, 0) is 6.67 Å². The van der Waals surface area contributed by atoms with E-state index < -0.39 is 0 Å². The van der Waals surface area contributed by atoms with E-state index in [4.69, 9.17) is 0 Å². The van der Waals surface area contributed by atoms with Gasteiger partial charge in [-0.05, 0) is 54.9 Å². The first-order valence-electron chi connectivity index (χ1n) is 7.42. The molecule has 0 bridgehead atoms. The highest BCUT2D eigenvalue weighted by molar-refractivity contribution is 9.10. The summed E-state index contributed by atoms with van der Waals surface area (Å²) in [5, 5.41) is 11.5. The van der Waals surface area contributed by atoms with Crippen LogP contribution < -0.4 is 5.32 Å². The van der Waals surface area contributed by atoms with Gasteiger partial charge in [0.15, 0.2) is 5.69 Å². The summed E-state index contributed by atoms with van der Waals surface area (Å²) < 4.78 is 4.49. The Hall–Kier alpha value is -2.48. The molecule has 0 radical (unpaired) electrons. The average molecular weight is 389 g/mol. The second kappa shape index (κ2) is 6.56. The molecule has 0 aromatic carbocycles. The number of nitrogens with one attached hydrogen (secondary N) is 1. The van der Waals surface area contributed by atoms with E-state index >= 15 is 0 Å². The van der Waals surface area contributed by atoms with E-state index in [1.54, 1.807) is 23.0 Å². The van der Waals surface area contributed by atoms with Gasteiger partial charge in [-0.3, -0.25) is 9.48 Å². The predicted molar refractivity (Wildman–Crippen MR) is 94.0 cm³/mol. The molecule has 3 aromatic heterocycles. The fourth-order valence-electron chi connectivity index (χ4n) is 2.30. The summed E-state index contributed by atoms with van der Waals surface area (Å²) in [6, 6.07) is 7.13. The van der Waals surface area contributed by atoms with E-state index in [-0.39, 0.29) is 5.91 Å². The molecule has 0 aliphatic heterocycles. The van der Waals surface area contributed by atoms with E-state index in [0.717, 1.165) is 21.6 Å². The minimum Gasteiger partial charge on any atom is -0.305 e. The lowest BCUT2D eigenvalue weighted by Crippen LogP contribution is -2.16. The fourth-order valence-corrected chi connectivity index (χ4v) is 2.59. The Bertz CT molecular complexity index is 898. The lowest BCUT2D eigenvalue weighted by Gasteiger charge is -2.05. The van der Waals surface area contributed by atoms with Crippen LogP contribution in [-0.4, -0.2) is 30.5 Å². The van der Waals surface area contributed by atoms with Crippen LogP contribution in [0.5, 0.6) is 0 Å². The number of carbonyl (C=O) groups excluding carboxylic acids is 1. The van der Waals surface area contributed by atoms with Crippen LogP contribution >= 0.6 is 15.9 Å². The summed E-state index contributed by atoms with van der Waals surface area (Å²) in [7, 11) is 0. The predicted octanol–water partition coefficient (Wildman–Crippen LogP) is 2.92. The molecule has 0 fully saturated rings. The molecule has 0 spiro atoms. The highest BCUT2D eigenvalue weighted by Crippen LogP contribution is 2.19. The number of pyridine rings is 1. The molecule has 3 rings (SSSR count). The van der Waals surface area contributed by atoms with E-state index in [0.29, 0.717) is 18.2 Å². The molecule has 24 heavy (non-hydrogen) atoms. The molecule has 8 heteroatoms. The maximum absolute atomic E-state index is 12.3. The standard InChI is InChI=1S/C16H17BrN6O/c1-10-5-4-6-14(18-10)19-16(24)13-7-8-22(21-13)9-23-12(3)15(17)11(2)20-23/h4-8H,9H2,1-3H3,(H,18,19,24). The van der Waals surface area contributed by atoms with Crippen molar-refractivity contribution >= 4 is 27.7 Å². The summed E-state index contributed by atoms with van der Waals surface area (Å²) in [5.41, 5.74) is 3.11. The fraction of sp³-hybridized carbons (Fsp3) is 0.250. The molecule has 0 aliphatic carbocycles. The molecule has 0 atom stereocenters. The maximum atomic E-state index is 12.3. The molecule has 3 aromatic rings. The number of rotatable bonds is 4. The Morgan fingerprint density at radius 3 is 2.67 bits per heavy atom. The molecule has 0 saturated heterocycles. The molecule has 3 heterocycles. The first kappa shape index (κ1) is 16.4. The van der Waals surface area contributed by atoms with Crippen molar-refractivity contribution in [1.82, 2.24) is 24.5 Å². The third-order valence-corrected chi connectivity index (χ3v) is 4.72. The van der Waals surface area contributed by atoms with Crippen molar-refractivity contribution in [3.8, 4) is 0 Å². The SMILES string of the molecule is Cc1cccc(NC(=O)c2ccn(Cn3nc(C)c(Br)c3C)n2)n1. The minimum atomic E-state index is -0.290. The number of halogens is 1. The van der Waals surface area contributed by atoms with Crippen molar-refractivity contribution in [2.75, 3.05) is 5.32 Å². The van der Waals surface area contributed by atoms with E-state index in [1.165, 1.54) is 0 Å². The molecule has 1 amide bonds. The molecule has 0 unspecified atom stereocenters. The number of amides is 1. The van der Waals surface area contributed by atoms with Crippen LogP contribution in [0.3, 0.4) is 0 Å². The summed E-state index contributed by atoms with van der Waals surface area (Å²) in [4.78, 5) is 16.5. The molecule has 0 saturated carbocycles. The number of hydrogen-bond donors (Lipinski definition) is 1. The van der Waals surface area contributed by atoms with Crippen LogP contribution in [0, 0.1) is 20.8 Å². The second-order valence-corrected chi connectivity index (χ2v) is 6.28. The third-order valence-electron chi connectivity index (χ3n) is 3.58. The number of aromatic nitrogens is 5. The van der Waals surface area contributed by atoms with Gasteiger partial charge in [0.1, 0.15) is 12.5 Å². The lowest BCUT2D eigenvalue weighted by atomic mass is 10.3. The maximum Gasteiger partial charge on any atom is 0.277 e. The normalized spacial score (nSPS) is 10.8. The van der Waals surface area contributed by atoms with Gasteiger partial charge in [-0.15, -0.1) is 0 Å². The summed E-state index contributed by atoms with van der Waals surface area (Å²) >= 11 is 3.50. The largest absolute Gasteiger partial charge is 0.305 e. The van der Waals surface area contributed by atoms with E-state index in [1.807, 2.05) is 37.6 Å². The van der Waals surface area contributed by atoms with Crippen molar-refractivity contribution in [3.63, 3.8) is 0 Å². The van der Waals surface area contributed by atoms with Gasteiger partial charge in [-0.1, -0.05) is 6.07 Å². The molecule has 7 nitrogen and oxygen atoms in total. The van der Waals surface area contributed by atoms with Gasteiger partial charge in [0.25, 0.3) is 5.91 Å². The zero-order chi connectivity index (χ0) is 17.3. The summed E-state index contributed by atoms with van der Waals surface area (Å²) in [5.74, 6) is 0.221. The van der Waals surface area contributed by atoms with Crippen molar-refractivity contribution in [2.24, 2.45) is 0 Å². The van der Waals surface area contributed by atoms with Gasteiger partial charge in [0.2, 0.25) is 0 Å². The Kier molecular flexibility index (Phi) is 4.48. The Morgan fingerprint density at radius 2 is 2.00 bits per heavy atom. The van der Waals surface area contributed by atoms with Crippen molar-refractivity contribution in [3.05, 3.63) is 57.7 Å². The molecule has 1 N–H and O–H groups in total. The highest BCUT2D eigenvalue weighted by atomic mass is 79.9. The zero-order valence-electron chi connectivity index (χ0n) is 13.6. The molecule has 124 valence electrons. The Morgan fingerprint density at radius 1 is 1.21 bits per heavy atom. The van der Waals surface area contributed by atoms with Crippen LogP contribution in [0.4, 0.5) is 5.82 Å². The quantitative estimate of drug-likeness (QED) is 0.745. The Balaban J connectivity index is 1.73. The van der Waals surface area contributed by atoms with Gasteiger partial charge < -0.3 is 5.32 Å². The summed E-state index contributed by atoms with van der Waals surface area (Å²) in [6.07, 6.45) is 1.75. The van der Waals surface area contributed by atoms with Crippen molar-refractivity contribution in [2.45, 2.75) is 27.4 Å². The first-order valence-corrected chi connectivity index (χ1v) is 8.21. The monoisotopic (exact) mass is 388 g/mol.